The molecule has 1 saturated carbocycles. The van der Waals surface area contributed by atoms with E-state index in [-0.39, 0.29) is 16.5 Å². The van der Waals surface area contributed by atoms with Crippen molar-refractivity contribution in [3.63, 3.8) is 0 Å². The van der Waals surface area contributed by atoms with Gasteiger partial charge in [-0.25, -0.2) is 8.42 Å². The average Bonchev–Trinajstić information content (AvgIpc) is 3.16. The van der Waals surface area contributed by atoms with Crippen LogP contribution in [-0.2, 0) is 10.0 Å². The Bertz CT molecular complexity index is 618. The lowest BCUT2D eigenvalue weighted by Gasteiger charge is -2.19. The number of terminal acetylenes is 1. The van der Waals surface area contributed by atoms with Gasteiger partial charge in [-0.3, -0.25) is 0 Å². The molecule has 0 amide bonds. The molecule has 1 fully saturated rings. The molecule has 0 spiro atoms. The van der Waals surface area contributed by atoms with E-state index in [0.29, 0.717) is 17.5 Å². The predicted octanol–water partition coefficient (Wildman–Crippen LogP) is 3.03. The molecule has 102 valence electrons. The molecule has 0 aliphatic heterocycles. The fraction of sp³-hybridized carbons (Fsp3) is 0.385. The molecule has 1 aliphatic carbocycles. The van der Waals surface area contributed by atoms with Crippen LogP contribution in [0.15, 0.2) is 23.1 Å². The molecular weight excluding hydrogens is 305 g/mol. The van der Waals surface area contributed by atoms with Crippen molar-refractivity contribution in [1.29, 1.82) is 0 Å². The molecule has 6 heteroatoms. The van der Waals surface area contributed by atoms with Crippen LogP contribution in [0.4, 0.5) is 0 Å². The Morgan fingerprint density at radius 3 is 2.53 bits per heavy atom. The molecule has 0 radical (unpaired) electrons. The lowest BCUT2D eigenvalue weighted by molar-refractivity contribution is 0.430. The first-order valence-electron chi connectivity index (χ1n) is 5.84. The number of halogens is 2. The van der Waals surface area contributed by atoms with Crippen molar-refractivity contribution in [3.05, 3.63) is 28.2 Å². The lowest BCUT2D eigenvalue weighted by Crippen LogP contribution is -2.33. The van der Waals surface area contributed by atoms with E-state index < -0.39 is 10.0 Å². The molecule has 1 aliphatic rings. The summed E-state index contributed by atoms with van der Waals surface area (Å²) in [5.74, 6) is 2.81. The number of nitrogens with zero attached hydrogens (tertiary/aromatic N) is 1. The van der Waals surface area contributed by atoms with Gasteiger partial charge in [0.2, 0.25) is 10.0 Å². The molecule has 0 heterocycles. The topological polar surface area (TPSA) is 37.4 Å². The minimum absolute atomic E-state index is 0.0685. The Balaban J connectivity index is 2.32. The lowest BCUT2D eigenvalue weighted by atomic mass is 10.4. The maximum absolute atomic E-state index is 12.5. The highest BCUT2D eigenvalue weighted by atomic mass is 35.5. The molecular formula is C13H13Cl2NO2S. The summed E-state index contributed by atoms with van der Waals surface area (Å²) in [4.78, 5) is 0.123. The number of rotatable bonds is 5. The van der Waals surface area contributed by atoms with Crippen LogP contribution in [0.3, 0.4) is 0 Å². The van der Waals surface area contributed by atoms with Crippen LogP contribution in [0.1, 0.15) is 12.8 Å². The van der Waals surface area contributed by atoms with Gasteiger partial charge in [0.05, 0.1) is 21.5 Å². The van der Waals surface area contributed by atoms with Crippen LogP contribution in [0.5, 0.6) is 0 Å². The van der Waals surface area contributed by atoms with Gasteiger partial charge in [0.1, 0.15) is 0 Å². The summed E-state index contributed by atoms with van der Waals surface area (Å²) < 4.78 is 26.3. The highest BCUT2D eigenvalue weighted by Gasteiger charge is 2.31. The van der Waals surface area contributed by atoms with Crippen LogP contribution in [0.2, 0.25) is 10.0 Å². The molecule has 3 nitrogen and oxygen atoms in total. The average molecular weight is 318 g/mol. The van der Waals surface area contributed by atoms with E-state index in [4.69, 9.17) is 29.6 Å². The Labute approximate surface area is 123 Å². The number of benzene rings is 1. The van der Waals surface area contributed by atoms with Gasteiger partial charge in [-0.05, 0) is 37.0 Å². The molecule has 19 heavy (non-hydrogen) atoms. The molecule has 0 N–H and O–H groups in total. The van der Waals surface area contributed by atoms with Crippen molar-refractivity contribution in [1.82, 2.24) is 4.31 Å². The Morgan fingerprint density at radius 1 is 1.32 bits per heavy atom. The minimum Gasteiger partial charge on any atom is -0.207 e. The van der Waals surface area contributed by atoms with Crippen molar-refractivity contribution < 1.29 is 8.42 Å². The third-order valence-electron chi connectivity index (χ3n) is 2.96. The van der Waals surface area contributed by atoms with E-state index in [2.05, 4.69) is 5.92 Å². The fourth-order valence-electron chi connectivity index (χ4n) is 1.72. The number of hydrogen-bond acceptors (Lipinski definition) is 2. The predicted molar refractivity (Wildman–Crippen MR) is 76.8 cm³/mol. The Hall–Kier alpha value is -0.730. The first-order valence-corrected chi connectivity index (χ1v) is 8.03. The van der Waals surface area contributed by atoms with Gasteiger partial charge < -0.3 is 0 Å². The first kappa shape index (κ1) is 14.7. The first-order chi connectivity index (χ1) is 8.95. The SMILES string of the molecule is C#CCN(CC1CC1)S(=O)(=O)c1ccc(Cl)c(Cl)c1. The van der Waals surface area contributed by atoms with E-state index in [9.17, 15) is 8.42 Å². The maximum atomic E-state index is 12.5. The van der Waals surface area contributed by atoms with Gasteiger partial charge in [0.15, 0.2) is 0 Å². The van der Waals surface area contributed by atoms with Gasteiger partial charge in [-0.15, -0.1) is 6.42 Å². The van der Waals surface area contributed by atoms with Gasteiger partial charge in [0, 0.05) is 6.54 Å². The second-order valence-corrected chi connectivity index (χ2v) is 7.27. The van der Waals surface area contributed by atoms with E-state index >= 15 is 0 Å². The summed E-state index contributed by atoms with van der Waals surface area (Å²) in [6.07, 6.45) is 7.36. The van der Waals surface area contributed by atoms with Gasteiger partial charge in [-0.1, -0.05) is 29.1 Å². The monoisotopic (exact) mass is 317 g/mol. The molecule has 0 bridgehead atoms. The molecule has 2 rings (SSSR count). The van der Waals surface area contributed by atoms with E-state index in [1.54, 1.807) is 0 Å². The zero-order valence-corrected chi connectivity index (χ0v) is 12.5. The Morgan fingerprint density at radius 2 is 2.00 bits per heavy atom. The third-order valence-corrected chi connectivity index (χ3v) is 5.50. The van der Waals surface area contributed by atoms with Crippen LogP contribution in [0.25, 0.3) is 0 Å². The minimum atomic E-state index is -3.61. The van der Waals surface area contributed by atoms with E-state index in [1.807, 2.05) is 0 Å². The molecule has 0 unspecified atom stereocenters. The second kappa shape index (κ2) is 5.72. The Kier molecular flexibility index (Phi) is 4.42. The van der Waals surface area contributed by atoms with Crippen molar-refractivity contribution >= 4 is 33.2 Å². The van der Waals surface area contributed by atoms with Crippen molar-refractivity contribution in [2.24, 2.45) is 5.92 Å². The number of hydrogen-bond donors (Lipinski definition) is 0. The van der Waals surface area contributed by atoms with Crippen LogP contribution < -0.4 is 0 Å². The third kappa shape index (κ3) is 3.43. The smallest absolute Gasteiger partial charge is 0.207 e. The van der Waals surface area contributed by atoms with Crippen LogP contribution in [-0.4, -0.2) is 25.8 Å². The fourth-order valence-corrected chi connectivity index (χ4v) is 3.54. The van der Waals surface area contributed by atoms with Crippen molar-refractivity contribution in [2.75, 3.05) is 13.1 Å². The highest BCUT2D eigenvalue weighted by Crippen LogP contribution is 2.32. The van der Waals surface area contributed by atoms with E-state index in [0.717, 1.165) is 12.8 Å². The van der Waals surface area contributed by atoms with Crippen molar-refractivity contribution in [2.45, 2.75) is 17.7 Å². The molecule has 0 atom stereocenters. The molecule has 0 aromatic heterocycles. The van der Waals surface area contributed by atoms with Gasteiger partial charge in [0.25, 0.3) is 0 Å². The van der Waals surface area contributed by atoms with E-state index in [1.165, 1.54) is 22.5 Å². The number of sulfonamides is 1. The summed E-state index contributed by atoms with van der Waals surface area (Å²) in [5.41, 5.74) is 0. The largest absolute Gasteiger partial charge is 0.244 e. The molecule has 0 saturated heterocycles. The summed E-state index contributed by atoms with van der Waals surface area (Å²) in [6.45, 7) is 0.534. The second-order valence-electron chi connectivity index (χ2n) is 4.52. The summed E-state index contributed by atoms with van der Waals surface area (Å²) in [6, 6.07) is 4.28. The maximum Gasteiger partial charge on any atom is 0.244 e. The summed E-state index contributed by atoms with van der Waals surface area (Å²) in [5, 5.41) is 0.543. The zero-order chi connectivity index (χ0) is 14.0. The van der Waals surface area contributed by atoms with Crippen LogP contribution >= 0.6 is 23.2 Å². The van der Waals surface area contributed by atoms with Crippen molar-refractivity contribution in [3.8, 4) is 12.3 Å². The van der Waals surface area contributed by atoms with Gasteiger partial charge >= 0.3 is 0 Å². The normalized spacial score (nSPS) is 15.5. The van der Waals surface area contributed by atoms with Crippen LogP contribution in [0, 0.1) is 18.3 Å². The molecule has 1 aromatic rings. The summed E-state index contributed by atoms with van der Waals surface area (Å²) in [7, 11) is -3.61. The molecule has 1 aromatic carbocycles. The highest BCUT2D eigenvalue weighted by molar-refractivity contribution is 7.89. The summed E-state index contributed by atoms with van der Waals surface area (Å²) >= 11 is 11.7. The van der Waals surface area contributed by atoms with Gasteiger partial charge in [-0.2, -0.15) is 4.31 Å². The quantitative estimate of drug-likeness (QED) is 0.783. The zero-order valence-electron chi connectivity index (χ0n) is 10.1. The standard InChI is InChI=1S/C13H13Cl2NO2S/c1-2-7-16(9-10-3-4-10)19(17,18)11-5-6-12(14)13(15)8-11/h1,5-6,8,10H,3-4,7,9H2.